The number of aromatic nitrogens is 1. The van der Waals surface area contributed by atoms with Gasteiger partial charge < -0.3 is 10.1 Å². The van der Waals surface area contributed by atoms with Crippen LogP contribution in [0.4, 0.5) is 10.1 Å². The van der Waals surface area contributed by atoms with E-state index in [1.54, 1.807) is 12.1 Å². The first-order valence-electron chi connectivity index (χ1n) is 6.13. The van der Waals surface area contributed by atoms with Crippen molar-refractivity contribution in [2.45, 2.75) is 12.5 Å². The average Bonchev–Trinajstić information content (AvgIpc) is 2.42. The van der Waals surface area contributed by atoms with E-state index in [4.69, 9.17) is 27.9 Å². The normalized spacial score (nSPS) is 17.2. The molecule has 1 atom stereocenters. The number of pyridine rings is 1. The summed E-state index contributed by atoms with van der Waals surface area (Å²) in [6.45, 7) is 0.556. The van der Waals surface area contributed by atoms with Gasteiger partial charge in [-0.05, 0) is 24.3 Å². The molecule has 3 nitrogen and oxygen atoms in total. The van der Waals surface area contributed by atoms with Crippen LogP contribution in [0.5, 0.6) is 5.75 Å². The van der Waals surface area contributed by atoms with Crippen molar-refractivity contribution in [2.75, 3.05) is 11.9 Å². The van der Waals surface area contributed by atoms with Crippen LogP contribution in [0.3, 0.4) is 0 Å². The Kier molecular flexibility index (Phi) is 3.68. The maximum Gasteiger partial charge on any atom is 0.212 e. The molecule has 104 valence electrons. The monoisotopic (exact) mass is 312 g/mol. The largest absolute Gasteiger partial charge is 0.492 e. The summed E-state index contributed by atoms with van der Waals surface area (Å²) in [6, 6.07) is 6.44. The van der Waals surface area contributed by atoms with Gasteiger partial charge in [-0.2, -0.15) is 4.39 Å². The molecule has 1 unspecified atom stereocenters. The second-order valence-electron chi connectivity index (χ2n) is 4.51. The van der Waals surface area contributed by atoms with Crippen molar-refractivity contribution in [3.8, 4) is 5.75 Å². The summed E-state index contributed by atoms with van der Waals surface area (Å²) < 4.78 is 18.4. The molecule has 3 rings (SSSR count). The highest BCUT2D eigenvalue weighted by atomic mass is 35.5. The highest BCUT2D eigenvalue weighted by Crippen LogP contribution is 2.41. The molecule has 1 aromatic heterocycles. The Labute approximate surface area is 125 Å². The molecule has 1 N–H and O–H groups in total. The third-order valence-electron chi connectivity index (χ3n) is 3.13. The fourth-order valence-electron chi connectivity index (χ4n) is 2.24. The van der Waals surface area contributed by atoms with Crippen molar-refractivity contribution in [1.82, 2.24) is 4.98 Å². The molecule has 0 saturated carbocycles. The highest BCUT2D eigenvalue weighted by Gasteiger charge is 2.24. The Morgan fingerprint density at radius 3 is 2.90 bits per heavy atom. The summed E-state index contributed by atoms with van der Waals surface area (Å²) in [4.78, 5) is 3.62. The molecule has 0 bridgehead atoms. The van der Waals surface area contributed by atoms with Gasteiger partial charge in [0.1, 0.15) is 5.75 Å². The van der Waals surface area contributed by atoms with E-state index < -0.39 is 5.95 Å². The van der Waals surface area contributed by atoms with Crippen LogP contribution in [0, 0.1) is 5.95 Å². The number of rotatable bonds is 2. The van der Waals surface area contributed by atoms with Gasteiger partial charge in [-0.15, -0.1) is 0 Å². The molecule has 1 aliphatic rings. The van der Waals surface area contributed by atoms with E-state index in [-0.39, 0.29) is 6.04 Å². The number of fused-ring (bicyclic) bond motifs is 1. The van der Waals surface area contributed by atoms with E-state index in [0.29, 0.717) is 22.4 Å². The predicted molar refractivity (Wildman–Crippen MR) is 77.1 cm³/mol. The Bertz CT molecular complexity index is 634. The van der Waals surface area contributed by atoms with E-state index >= 15 is 0 Å². The summed E-state index contributed by atoms with van der Waals surface area (Å²) >= 11 is 12.2. The number of nitrogens with one attached hydrogen (secondary N) is 1. The van der Waals surface area contributed by atoms with Gasteiger partial charge in [0.05, 0.1) is 29.6 Å². The van der Waals surface area contributed by atoms with Gasteiger partial charge in [0, 0.05) is 17.0 Å². The van der Waals surface area contributed by atoms with Gasteiger partial charge in [0.2, 0.25) is 5.95 Å². The molecule has 6 heteroatoms. The Morgan fingerprint density at radius 1 is 1.30 bits per heavy atom. The van der Waals surface area contributed by atoms with Crippen LogP contribution in [0.1, 0.15) is 18.0 Å². The van der Waals surface area contributed by atoms with Crippen LogP contribution in [0.2, 0.25) is 10.0 Å². The molecule has 0 radical (unpaired) electrons. The highest BCUT2D eigenvalue weighted by molar-refractivity contribution is 6.35. The fourth-order valence-corrected chi connectivity index (χ4v) is 2.80. The molecule has 20 heavy (non-hydrogen) atoms. The average molecular weight is 313 g/mol. The molecule has 2 heterocycles. The lowest BCUT2D eigenvalue weighted by molar-refractivity contribution is 0.274. The first-order chi connectivity index (χ1) is 9.63. The number of halogens is 3. The van der Waals surface area contributed by atoms with Crippen molar-refractivity contribution in [1.29, 1.82) is 0 Å². The van der Waals surface area contributed by atoms with E-state index in [1.165, 1.54) is 12.3 Å². The lowest BCUT2D eigenvalue weighted by Crippen LogP contribution is -2.20. The first-order valence-corrected chi connectivity index (χ1v) is 6.89. The zero-order valence-electron chi connectivity index (χ0n) is 10.4. The van der Waals surface area contributed by atoms with Crippen molar-refractivity contribution in [3.63, 3.8) is 0 Å². The molecule has 0 spiro atoms. The third-order valence-corrected chi connectivity index (χ3v) is 3.63. The zero-order valence-corrected chi connectivity index (χ0v) is 11.9. The number of anilines is 1. The maximum absolute atomic E-state index is 12.8. The minimum atomic E-state index is -0.506. The van der Waals surface area contributed by atoms with Crippen LogP contribution >= 0.6 is 23.2 Å². The predicted octanol–water partition coefficient (Wildman–Crippen LogP) is 4.46. The van der Waals surface area contributed by atoms with Crippen molar-refractivity contribution < 1.29 is 9.13 Å². The van der Waals surface area contributed by atoms with Crippen LogP contribution in [0.25, 0.3) is 0 Å². The Balaban J connectivity index is 1.91. The quantitative estimate of drug-likeness (QED) is 0.831. The van der Waals surface area contributed by atoms with Crippen LogP contribution in [0.15, 0.2) is 30.5 Å². The smallest absolute Gasteiger partial charge is 0.212 e. The van der Waals surface area contributed by atoms with E-state index in [1.807, 2.05) is 6.07 Å². The van der Waals surface area contributed by atoms with Crippen LogP contribution in [-0.2, 0) is 0 Å². The number of ether oxygens (including phenoxy) is 1. The molecule has 0 saturated heterocycles. The van der Waals surface area contributed by atoms with Crippen LogP contribution < -0.4 is 10.1 Å². The molecule has 1 aliphatic heterocycles. The maximum atomic E-state index is 12.8. The summed E-state index contributed by atoms with van der Waals surface area (Å²) in [5, 5.41) is 4.35. The molecular formula is C14H11Cl2FN2O. The van der Waals surface area contributed by atoms with E-state index in [0.717, 1.165) is 17.7 Å². The molecule has 0 fully saturated rings. The third kappa shape index (κ3) is 2.67. The first kappa shape index (κ1) is 13.5. The molecule has 0 amide bonds. The molecule has 0 aliphatic carbocycles. The topological polar surface area (TPSA) is 34.1 Å². The minimum Gasteiger partial charge on any atom is -0.492 e. The van der Waals surface area contributed by atoms with Gasteiger partial charge >= 0.3 is 0 Å². The molecule has 1 aromatic carbocycles. The van der Waals surface area contributed by atoms with Crippen molar-refractivity contribution in [2.24, 2.45) is 0 Å². The lowest BCUT2D eigenvalue weighted by Gasteiger charge is -2.28. The summed E-state index contributed by atoms with van der Waals surface area (Å²) in [7, 11) is 0. The van der Waals surface area contributed by atoms with Gasteiger partial charge in [-0.3, -0.25) is 0 Å². The number of hydrogen-bond acceptors (Lipinski definition) is 3. The summed E-state index contributed by atoms with van der Waals surface area (Å²) in [6.07, 6.45) is 2.22. The van der Waals surface area contributed by atoms with Crippen molar-refractivity contribution in [3.05, 3.63) is 52.0 Å². The number of benzene rings is 1. The Morgan fingerprint density at radius 2 is 2.15 bits per heavy atom. The van der Waals surface area contributed by atoms with Gasteiger partial charge in [0.15, 0.2) is 0 Å². The zero-order chi connectivity index (χ0) is 14.1. The second kappa shape index (κ2) is 5.46. The summed E-state index contributed by atoms with van der Waals surface area (Å²) in [5.41, 5.74) is 1.64. The van der Waals surface area contributed by atoms with Crippen molar-refractivity contribution >= 4 is 28.9 Å². The number of hydrogen-bond donors (Lipinski definition) is 1. The van der Waals surface area contributed by atoms with E-state index in [9.17, 15) is 4.39 Å². The summed E-state index contributed by atoms with van der Waals surface area (Å²) in [5.74, 6) is 0.143. The van der Waals surface area contributed by atoms with Gasteiger partial charge in [-0.1, -0.05) is 23.2 Å². The molecular weight excluding hydrogens is 302 g/mol. The Hall–Kier alpha value is -1.52. The van der Waals surface area contributed by atoms with E-state index in [2.05, 4.69) is 10.3 Å². The number of nitrogens with zero attached hydrogens (tertiary/aromatic N) is 1. The molecule has 2 aromatic rings. The van der Waals surface area contributed by atoms with Gasteiger partial charge in [0.25, 0.3) is 0 Å². The SMILES string of the molecule is Fc1ccc(NC2CCOc3c(Cl)cc(Cl)cc32)cn1. The minimum absolute atomic E-state index is 0.00205. The lowest BCUT2D eigenvalue weighted by atomic mass is 10.0. The van der Waals surface area contributed by atoms with Gasteiger partial charge in [-0.25, -0.2) is 4.98 Å². The fraction of sp³-hybridized carbons (Fsp3) is 0.214. The standard InChI is InChI=1S/C14H11Cl2FN2O/c15-8-5-10-12(3-4-20-14(10)11(16)6-8)19-9-1-2-13(17)18-7-9/h1-2,5-7,12,19H,3-4H2. The second-order valence-corrected chi connectivity index (χ2v) is 5.35. The van der Waals surface area contributed by atoms with Crippen LogP contribution in [-0.4, -0.2) is 11.6 Å².